The van der Waals surface area contributed by atoms with Crippen LogP contribution in [-0.2, 0) is 12.8 Å². The molecule has 0 aliphatic carbocycles. The maximum absolute atomic E-state index is 4.64. The van der Waals surface area contributed by atoms with Gasteiger partial charge in [0.05, 0.1) is 22.7 Å². The fourth-order valence-corrected chi connectivity index (χ4v) is 3.70. The summed E-state index contributed by atoms with van der Waals surface area (Å²) in [6.07, 6.45) is 1.76. The van der Waals surface area contributed by atoms with Gasteiger partial charge in [0.25, 0.3) is 0 Å². The Labute approximate surface area is 188 Å². The van der Waals surface area contributed by atoms with Crippen LogP contribution in [0.3, 0.4) is 0 Å². The summed E-state index contributed by atoms with van der Waals surface area (Å²) in [4.78, 5) is 0. The molecule has 0 amide bonds. The van der Waals surface area contributed by atoms with E-state index in [1.165, 1.54) is 5.56 Å². The normalized spacial score (nSPS) is 11.6. The Bertz CT molecular complexity index is 1290. The fourth-order valence-electron chi connectivity index (χ4n) is 3.70. The third-order valence-corrected chi connectivity index (χ3v) is 5.52. The van der Waals surface area contributed by atoms with Gasteiger partial charge in [-0.2, -0.15) is 15.3 Å². The van der Waals surface area contributed by atoms with E-state index in [1.54, 1.807) is 0 Å². The molecule has 0 atom stereocenters. The van der Waals surface area contributed by atoms with Gasteiger partial charge in [0.1, 0.15) is 5.69 Å². The number of hydrogen-bond donors (Lipinski definition) is 1. The Balaban J connectivity index is 1.65. The summed E-state index contributed by atoms with van der Waals surface area (Å²) in [5, 5.41) is 23.6. The number of hydrogen-bond acceptors (Lipinski definition) is 5. The maximum atomic E-state index is 4.64. The van der Waals surface area contributed by atoms with Crippen LogP contribution in [0.1, 0.15) is 25.0 Å². The number of fused-ring (bicyclic) bond motifs is 1. The first-order valence-electron chi connectivity index (χ1n) is 11.0. The summed E-state index contributed by atoms with van der Waals surface area (Å²) in [5.41, 5.74) is 6.63. The second-order valence-corrected chi connectivity index (χ2v) is 7.48. The molecule has 0 radical (unpaired) electrons. The zero-order chi connectivity index (χ0) is 22.3. The molecule has 1 N–H and O–H groups in total. The van der Waals surface area contributed by atoms with Gasteiger partial charge in [-0.25, -0.2) is 0 Å². The van der Waals surface area contributed by atoms with Gasteiger partial charge in [-0.3, -0.25) is 0 Å². The first-order chi connectivity index (χ1) is 15.7. The summed E-state index contributed by atoms with van der Waals surface area (Å²) < 4.78 is 0. The summed E-state index contributed by atoms with van der Waals surface area (Å²) in [6, 6.07) is 26.4. The van der Waals surface area contributed by atoms with Crippen LogP contribution in [0.2, 0.25) is 0 Å². The molecule has 0 aliphatic heterocycles. The van der Waals surface area contributed by atoms with Gasteiger partial charge in [-0.1, -0.05) is 62.4 Å². The van der Waals surface area contributed by atoms with Gasteiger partial charge in [-0.05, 0) is 59.7 Å². The van der Waals surface area contributed by atoms with Crippen molar-refractivity contribution < 1.29 is 0 Å². The molecular weight excluding hydrogens is 394 g/mol. The lowest BCUT2D eigenvalue weighted by atomic mass is 10.1. The molecular formula is C27H27N5. The Morgan fingerprint density at radius 2 is 1.38 bits per heavy atom. The van der Waals surface area contributed by atoms with Crippen LogP contribution in [-0.4, -0.2) is 7.05 Å². The van der Waals surface area contributed by atoms with Crippen molar-refractivity contribution in [3.8, 4) is 0 Å². The van der Waals surface area contributed by atoms with Gasteiger partial charge in [0.15, 0.2) is 0 Å². The van der Waals surface area contributed by atoms with E-state index in [0.717, 1.165) is 57.6 Å². The van der Waals surface area contributed by atoms with Crippen LogP contribution >= 0.6 is 0 Å². The van der Waals surface area contributed by atoms with Crippen LogP contribution in [0.4, 0.5) is 28.4 Å². The van der Waals surface area contributed by atoms with Crippen molar-refractivity contribution in [1.82, 2.24) is 0 Å². The van der Waals surface area contributed by atoms with Crippen molar-refractivity contribution in [2.75, 3.05) is 12.4 Å². The number of anilines is 1. The van der Waals surface area contributed by atoms with E-state index in [0.29, 0.717) is 0 Å². The average Bonchev–Trinajstić information content (AvgIpc) is 2.86. The van der Waals surface area contributed by atoms with Crippen molar-refractivity contribution >= 4 is 39.2 Å². The van der Waals surface area contributed by atoms with E-state index in [4.69, 9.17) is 0 Å². The third kappa shape index (κ3) is 4.57. The Kier molecular flexibility index (Phi) is 6.66. The first-order valence-corrected chi connectivity index (χ1v) is 11.0. The number of benzene rings is 4. The van der Waals surface area contributed by atoms with E-state index in [9.17, 15) is 0 Å². The predicted molar refractivity (Wildman–Crippen MR) is 133 cm³/mol. The highest BCUT2D eigenvalue weighted by Gasteiger charge is 2.07. The Morgan fingerprint density at radius 3 is 2.19 bits per heavy atom. The molecule has 4 rings (SSSR count). The van der Waals surface area contributed by atoms with Crippen molar-refractivity contribution in [2.24, 2.45) is 20.5 Å². The van der Waals surface area contributed by atoms with E-state index in [1.807, 2.05) is 61.6 Å². The van der Waals surface area contributed by atoms with E-state index < -0.39 is 0 Å². The molecule has 4 aromatic rings. The minimum absolute atomic E-state index is 0.813. The lowest BCUT2D eigenvalue weighted by Gasteiger charge is -2.08. The molecule has 5 heteroatoms. The molecule has 0 heterocycles. The fraction of sp³-hybridized carbons (Fsp3) is 0.185. The Morgan fingerprint density at radius 1 is 0.656 bits per heavy atom. The van der Waals surface area contributed by atoms with E-state index in [2.05, 4.69) is 63.9 Å². The Hall–Kier alpha value is -3.86. The van der Waals surface area contributed by atoms with Crippen molar-refractivity contribution in [1.29, 1.82) is 0 Å². The molecule has 0 spiro atoms. The van der Waals surface area contributed by atoms with Gasteiger partial charge >= 0.3 is 0 Å². The minimum atomic E-state index is 0.813. The standard InChI is InChI=1S/C27H27N5/c1-4-19-10-7-9-13-24(19)30-29-22-15-17-25(20(5-2)18-22)31-32-27-23-12-8-6-11-21(23)14-16-26(27)28-3/h6-18,28H,4-5H2,1-3H3. The number of aryl methyl sites for hydroxylation is 2. The summed E-state index contributed by atoms with van der Waals surface area (Å²) in [5.74, 6) is 0. The van der Waals surface area contributed by atoms with Gasteiger partial charge in [0.2, 0.25) is 0 Å². The second-order valence-electron chi connectivity index (χ2n) is 7.48. The van der Waals surface area contributed by atoms with Gasteiger partial charge < -0.3 is 5.32 Å². The highest BCUT2D eigenvalue weighted by Crippen LogP contribution is 2.36. The molecule has 0 unspecified atom stereocenters. The molecule has 0 bridgehead atoms. The molecule has 0 saturated carbocycles. The highest BCUT2D eigenvalue weighted by molar-refractivity contribution is 5.98. The number of rotatable bonds is 7. The van der Waals surface area contributed by atoms with Crippen LogP contribution in [0.15, 0.2) is 99.3 Å². The maximum Gasteiger partial charge on any atom is 0.117 e. The van der Waals surface area contributed by atoms with E-state index >= 15 is 0 Å². The molecule has 4 aromatic carbocycles. The lowest BCUT2D eigenvalue weighted by Crippen LogP contribution is -1.89. The zero-order valence-electron chi connectivity index (χ0n) is 18.7. The highest BCUT2D eigenvalue weighted by atomic mass is 15.1. The van der Waals surface area contributed by atoms with Crippen molar-refractivity contribution in [3.05, 3.63) is 90.0 Å². The first kappa shape index (κ1) is 21.4. The largest absolute Gasteiger partial charge is 0.386 e. The topological polar surface area (TPSA) is 61.5 Å². The lowest BCUT2D eigenvalue weighted by molar-refractivity contribution is 1.09. The van der Waals surface area contributed by atoms with Crippen LogP contribution in [0, 0.1) is 0 Å². The molecule has 32 heavy (non-hydrogen) atoms. The summed E-state index contributed by atoms with van der Waals surface area (Å²) in [6.45, 7) is 4.23. The summed E-state index contributed by atoms with van der Waals surface area (Å²) in [7, 11) is 1.90. The predicted octanol–water partition coefficient (Wildman–Crippen LogP) is 8.84. The average molecular weight is 422 g/mol. The number of azo groups is 2. The molecule has 0 fully saturated rings. The van der Waals surface area contributed by atoms with Crippen molar-refractivity contribution in [2.45, 2.75) is 26.7 Å². The summed E-state index contributed by atoms with van der Waals surface area (Å²) >= 11 is 0. The van der Waals surface area contributed by atoms with Gasteiger partial charge in [0, 0.05) is 12.4 Å². The van der Waals surface area contributed by atoms with Crippen LogP contribution < -0.4 is 5.32 Å². The molecule has 5 nitrogen and oxygen atoms in total. The second kappa shape index (κ2) is 9.96. The van der Waals surface area contributed by atoms with Crippen LogP contribution in [0.5, 0.6) is 0 Å². The van der Waals surface area contributed by atoms with Gasteiger partial charge in [-0.15, -0.1) is 5.11 Å². The quantitative estimate of drug-likeness (QED) is 0.298. The zero-order valence-corrected chi connectivity index (χ0v) is 18.7. The molecule has 0 saturated heterocycles. The monoisotopic (exact) mass is 421 g/mol. The smallest absolute Gasteiger partial charge is 0.117 e. The van der Waals surface area contributed by atoms with Crippen LogP contribution in [0.25, 0.3) is 10.8 Å². The molecule has 0 aliphatic rings. The number of nitrogens with zero attached hydrogens (tertiary/aromatic N) is 4. The van der Waals surface area contributed by atoms with Crippen molar-refractivity contribution in [3.63, 3.8) is 0 Å². The number of nitrogens with one attached hydrogen (secondary N) is 1. The van der Waals surface area contributed by atoms with E-state index in [-0.39, 0.29) is 0 Å². The minimum Gasteiger partial charge on any atom is -0.386 e. The molecule has 0 aromatic heterocycles. The SMILES string of the molecule is CCc1ccccc1N=Nc1ccc(N=Nc2c(NC)ccc3ccccc23)c(CC)c1. The molecule has 160 valence electrons. The third-order valence-electron chi connectivity index (χ3n) is 5.52.